The zero-order valence-electron chi connectivity index (χ0n) is 14.9. The number of nitrogens with zero attached hydrogens (tertiary/aromatic N) is 3. The number of imide groups is 1. The van der Waals surface area contributed by atoms with E-state index in [9.17, 15) is 14.0 Å². The Hall–Kier alpha value is -2.15. The Morgan fingerprint density at radius 1 is 0.857 bits per heavy atom. The molecule has 0 saturated carbocycles. The Morgan fingerprint density at radius 3 is 2.07 bits per heavy atom. The number of hydrogen-bond acceptors (Lipinski definition) is 4. The molecule has 0 N–H and O–H groups in total. The minimum absolute atomic E-state index is 0.138. The third-order valence-corrected chi connectivity index (χ3v) is 5.61. The minimum atomic E-state index is -0.486. The van der Waals surface area contributed by atoms with Gasteiger partial charge in [-0.25, -0.2) is 9.29 Å². The first-order valence-corrected chi connectivity index (χ1v) is 9.75. The van der Waals surface area contributed by atoms with Gasteiger partial charge in [-0.1, -0.05) is 23.2 Å². The average molecular weight is 422 g/mol. The Bertz CT molecular complexity index is 894. The Balaban J connectivity index is 1.45. The summed E-state index contributed by atoms with van der Waals surface area (Å²) in [7, 11) is 0. The van der Waals surface area contributed by atoms with Gasteiger partial charge in [0.2, 0.25) is 5.91 Å². The molecule has 0 bridgehead atoms. The number of benzene rings is 2. The molecule has 2 heterocycles. The maximum absolute atomic E-state index is 13.1. The van der Waals surface area contributed by atoms with E-state index in [0.29, 0.717) is 41.9 Å². The smallest absolute Gasteiger partial charge is 0.251 e. The number of rotatable bonds is 3. The lowest BCUT2D eigenvalue weighted by atomic mass is 10.1. The molecule has 2 aliphatic heterocycles. The van der Waals surface area contributed by atoms with Crippen molar-refractivity contribution in [2.75, 3.05) is 36.0 Å². The fourth-order valence-electron chi connectivity index (χ4n) is 3.78. The molecule has 2 saturated heterocycles. The van der Waals surface area contributed by atoms with Crippen molar-refractivity contribution in [1.29, 1.82) is 0 Å². The molecule has 146 valence electrons. The van der Waals surface area contributed by atoms with Gasteiger partial charge in [0.25, 0.3) is 5.91 Å². The first-order valence-electron chi connectivity index (χ1n) is 9.00. The summed E-state index contributed by atoms with van der Waals surface area (Å²) in [6.45, 7) is 2.69. The van der Waals surface area contributed by atoms with E-state index in [2.05, 4.69) is 4.90 Å². The fraction of sp³-hybridized carbons (Fsp3) is 0.300. The second kappa shape index (κ2) is 7.70. The Labute approximate surface area is 172 Å². The van der Waals surface area contributed by atoms with Gasteiger partial charge >= 0.3 is 0 Å². The van der Waals surface area contributed by atoms with Gasteiger partial charge in [0.05, 0.1) is 18.2 Å². The summed E-state index contributed by atoms with van der Waals surface area (Å²) in [5.74, 6) is -0.772. The third kappa shape index (κ3) is 3.72. The van der Waals surface area contributed by atoms with Crippen LogP contribution in [-0.4, -0.2) is 48.9 Å². The van der Waals surface area contributed by atoms with Crippen molar-refractivity contribution in [3.63, 3.8) is 0 Å². The molecule has 0 aromatic heterocycles. The van der Waals surface area contributed by atoms with E-state index >= 15 is 0 Å². The van der Waals surface area contributed by atoms with Crippen LogP contribution in [0.5, 0.6) is 0 Å². The van der Waals surface area contributed by atoms with Crippen molar-refractivity contribution in [2.24, 2.45) is 0 Å². The highest BCUT2D eigenvalue weighted by molar-refractivity contribution is 6.35. The van der Waals surface area contributed by atoms with Gasteiger partial charge in [-0.2, -0.15) is 0 Å². The van der Waals surface area contributed by atoms with Crippen LogP contribution in [0.4, 0.5) is 15.8 Å². The van der Waals surface area contributed by atoms with Crippen LogP contribution in [0.2, 0.25) is 10.0 Å². The number of carbonyl (C=O) groups excluding carboxylic acids is 2. The maximum atomic E-state index is 13.1. The summed E-state index contributed by atoms with van der Waals surface area (Å²) in [6.07, 6.45) is 0.138. The van der Waals surface area contributed by atoms with Crippen LogP contribution in [0.25, 0.3) is 0 Å². The van der Waals surface area contributed by atoms with Gasteiger partial charge in [0.15, 0.2) is 0 Å². The number of anilines is 2. The topological polar surface area (TPSA) is 43.9 Å². The first kappa shape index (κ1) is 19.2. The maximum Gasteiger partial charge on any atom is 0.251 e. The van der Waals surface area contributed by atoms with Crippen LogP contribution in [0.15, 0.2) is 42.5 Å². The Kier molecular flexibility index (Phi) is 5.27. The molecule has 1 atom stereocenters. The van der Waals surface area contributed by atoms with Gasteiger partial charge in [0.1, 0.15) is 5.82 Å². The van der Waals surface area contributed by atoms with Crippen molar-refractivity contribution in [3.8, 4) is 0 Å². The van der Waals surface area contributed by atoms with Crippen molar-refractivity contribution < 1.29 is 14.0 Å². The monoisotopic (exact) mass is 421 g/mol. The lowest BCUT2D eigenvalue weighted by molar-refractivity contribution is -0.123. The highest BCUT2D eigenvalue weighted by Gasteiger charge is 2.43. The van der Waals surface area contributed by atoms with Crippen LogP contribution in [0, 0.1) is 5.82 Å². The van der Waals surface area contributed by atoms with Crippen molar-refractivity contribution in [1.82, 2.24) is 4.90 Å². The molecule has 0 spiro atoms. The van der Waals surface area contributed by atoms with E-state index < -0.39 is 6.04 Å². The van der Waals surface area contributed by atoms with E-state index in [0.717, 1.165) is 5.69 Å². The molecule has 8 heteroatoms. The summed E-state index contributed by atoms with van der Waals surface area (Å²) in [6, 6.07) is 10.6. The molecule has 28 heavy (non-hydrogen) atoms. The highest BCUT2D eigenvalue weighted by atomic mass is 35.5. The predicted molar refractivity (Wildman–Crippen MR) is 108 cm³/mol. The summed E-state index contributed by atoms with van der Waals surface area (Å²) >= 11 is 12.0. The molecule has 2 aromatic carbocycles. The lowest BCUT2D eigenvalue weighted by Crippen LogP contribution is -2.52. The van der Waals surface area contributed by atoms with Gasteiger partial charge in [-0.3, -0.25) is 14.5 Å². The summed E-state index contributed by atoms with van der Waals surface area (Å²) in [5.41, 5.74) is 1.35. The lowest BCUT2D eigenvalue weighted by Gasteiger charge is -2.38. The quantitative estimate of drug-likeness (QED) is 0.710. The third-order valence-electron chi connectivity index (χ3n) is 5.18. The predicted octanol–water partition coefficient (Wildman–Crippen LogP) is 3.59. The molecular formula is C20H18Cl2FN3O2. The van der Waals surface area contributed by atoms with Gasteiger partial charge in [-0.15, -0.1) is 0 Å². The molecule has 0 unspecified atom stereocenters. The van der Waals surface area contributed by atoms with Crippen LogP contribution < -0.4 is 9.80 Å². The first-order chi connectivity index (χ1) is 13.4. The highest BCUT2D eigenvalue weighted by Crippen LogP contribution is 2.31. The van der Waals surface area contributed by atoms with Crippen LogP contribution in [-0.2, 0) is 9.59 Å². The SMILES string of the molecule is O=C1C[C@H](N2CCN(c3ccc(F)cc3)CC2)C(=O)N1c1cc(Cl)cc(Cl)c1. The van der Waals surface area contributed by atoms with Crippen molar-refractivity contribution >= 4 is 46.4 Å². The van der Waals surface area contributed by atoms with Crippen LogP contribution >= 0.6 is 23.2 Å². The second-order valence-corrected chi connectivity index (χ2v) is 7.79. The minimum Gasteiger partial charge on any atom is -0.369 e. The van der Waals surface area contributed by atoms with Crippen LogP contribution in [0.1, 0.15) is 6.42 Å². The number of piperazine rings is 1. The molecule has 2 amide bonds. The summed E-state index contributed by atoms with van der Waals surface area (Å²) in [5, 5.41) is 0.749. The molecule has 2 fully saturated rings. The molecule has 0 radical (unpaired) electrons. The zero-order valence-corrected chi connectivity index (χ0v) is 16.5. The summed E-state index contributed by atoms with van der Waals surface area (Å²) < 4.78 is 13.1. The average Bonchev–Trinajstić information content (AvgIpc) is 2.96. The van der Waals surface area contributed by atoms with Gasteiger partial charge in [0, 0.05) is 41.9 Å². The number of amides is 2. The second-order valence-electron chi connectivity index (χ2n) is 6.91. The zero-order chi connectivity index (χ0) is 19.8. The molecule has 4 rings (SSSR count). The van der Waals surface area contributed by atoms with Gasteiger partial charge < -0.3 is 4.90 Å². The Morgan fingerprint density at radius 2 is 1.46 bits per heavy atom. The van der Waals surface area contributed by atoms with Crippen LogP contribution in [0.3, 0.4) is 0 Å². The molecule has 2 aliphatic rings. The molecule has 5 nitrogen and oxygen atoms in total. The largest absolute Gasteiger partial charge is 0.369 e. The fourth-order valence-corrected chi connectivity index (χ4v) is 4.30. The van der Waals surface area contributed by atoms with Gasteiger partial charge in [-0.05, 0) is 42.5 Å². The standard InChI is InChI=1S/C20H18Cl2FN3O2/c21-13-9-14(22)11-17(10-13)26-19(27)12-18(20(26)28)25-7-5-24(6-8-25)16-3-1-15(23)2-4-16/h1-4,9-11,18H,5-8,12H2/t18-/m0/s1. The summed E-state index contributed by atoms with van der Waals surface area (Å²) in [4.78, 5) is 30.8. The van der Waals surface area contributed by atoms with E-state index in [1.165, 1.54) is 17.0 Å². The van der Waals surface area contributed by atoms with Crippen molar-refractivity contribution in [3.05, 3.63) is 58.3 Å². The number of halogens is 3. The number of hydrogen-bond donors (Lipinski definition) is 0. The molecule has 0 aliphatic carbocycles. The van der Waals surface area contributed by atoms with E-state index in [-0.39, 0.29) is 24.1 Å². The van der Waals surface area contributed by atoms with E-state index in [1.807, 2.05) is 4.90 Å². The molecular weight excluding hydrogens is 404 g/mol. The normalized spacial score (nSPS) is 20.9. The van der Waals surface area contributed by atoms with E-state index in [1.54, 1.807) is 30.3 Å². The van der Waals surface area contributed by atoms with E-state index in [4.69, 9.17) is 23.2 Å². The number of carbonyl (C=O) groups is 2. The molecule has 2 aromatic rings. The van der Waals surface area contributed by atoms with Crippen molar-refractivity contribution in [2.45, 2.75) is 12.5 Å².